The summed E-state index contributed by atoms with van der Waals surface area (Å²) in [7, 11) is 0. The Morgan fingerprint density at radius 2 is 1.89 bits per heavy atom. The average molecular weight is 388 g/mol. The van der Waals surface area contributed by atoms with E-state index in [1.807, 2.05) is 32.9 Å². The fourth-order valence-corrected chi connectivity index (χ4v) is 2.47. The number of nitrogens with zero attached hydrogens (tertiary/aromatic N) is 1. The number of ether oxygens (including phenoxy) is 1. The fraction of sp³-hybridized carbons (Fsp3) is 0.250. The van der Waals surface area contributed by atoms with Gasteiger partial charge in [-0.05, 0) is 62.2 Å². The highest BCUT2D eigenvalue weighted by Gasteiger charge is 2.09. The number of hydrazone groups is 1. The lowest BCUT2D eigenvalue weighted by Crippen LogP contribution is -2.24. The van der Waals surface area contributed by atoms with E-state index in [0.29, 0.717) is 28.6 Å². The van der Waals surface area contributed by atoms with Gasteiger partial charge < -0.3 is 10.1 Å². The van der Waals surface area contributed by atoms with Gasteiger partial charge in [-0.3, -0.25) is 9.59 Å². The van der Waals surface area contributed by atoms with E-state index in [-0.39, 0.29) is 6.42 Å². The molecule has 0 spiro atoms. The number of halogens is 1. The van der Waals surface area contributed by atoms with Crippen LogP contribution in [-0.2, 0) is 9.59 Å². The molecule has 2 aromatic carbocycles. The van der Waals surface area contributed by atoms with Crippen LogP contribution >= 0.6 is 11.6 Å². The first-order valence-electron chi connectivity index (χ1n) is 8.50. The van der Waals surface area contributed by atoms with Crippen LogP contribution in [0.15, 0.2) is 41.5 Å². The molecule has 0 radical (unpaired) electrons. The van der Waals surface area contributed by atoms with Crippen LogP contribution < -0.4 is 15.5 Å². The van der Waals surface area contributed by atoms with E-state index >= 15 is 0 Å². The zero-order chi connectivity index (χ0) is 19.8. The highest BCUT2D eigenvalue weighted by molar-refractivity contribution is 6.30. The van der Waals surface area contributed by atoms with E-state index in [1.54, 1.807) is 24.3 Å². The molecule has 142 valence electrons. The van der Waals surface area contributed by atoms with Gasteiger partial charge in [-0.2, -0.15) is 5.10 Å². The van der Waals surface area contributed by atoms with E-state index in [4.69, 9.17) is 16.3 Å². The predicted molar refractivity (Wildman–Crippen MR) is 108 cm³/mol. The molecule has 0 fully saturated rings. The van der Waals surface area contributed by atoms with Crippen molar-refractivity contribution in [3.8, 4) is 5.75 Å². The van der Waals surface area contributed by atoms with Crippen LogP contribution in [0.3, 0.4) is 0 Å². The zero-order valence-corrected chi connectivity index (χ0v) is 16.3. The summed E-state index contributed by atoms with van der Waals surface area (Å²) in [4.78, 5) is 23.9. The van der Waals surface area contributed by atoms with Gasteiger partial charge in [0, 0.05) is 16.3 Å². The van der Waals surface area contributed by atoms with Gasteiger partial charge in [0.1, 0.15) is 12.2 Å². The van der Waals surface area contributed by atoms with Crippen LogP contribution in [0.4, 0.5) is 5.69 Å². The van der Waals surface area contributed by atoms with Crippen LogP contribution in [0, 0.1) is 13.8 Å². The largest absolute Gasteiger partial charge is 0.493 e. The van der Waals surface area contributed by atoms with Gasteiger partial charge in [-0.1, -0.05) is 17.7 Å². The summed E-state index contributed by atoms with van der Waals surface area (Å²) in [5.41, 5.74) is 5.80. The minimum atomic E-state index is -0.521. The first-order valence-corrected chi connectivity index (χ1v) is 8.88. The Hall–Kier alpha value is -2.86. The van der Waals surface area contributed by atoms with E-state index < -0.39 is 11.8 Å². The summed E-state index contributed by atoms with van der Waals surface area (Å²) in [6, 6.07) is 10.7. The highest BCUT2D eigenvalue weighted by atomic mass is 35.5. The Labute approximate surface area is 163 Å². The first-order chi connectivity index (χ1) is 12.9. The summed E-state index contributed by atoms with van der Waals surface area (Å²) in [6.07, 6.45) is 1.09. The molecule has 0 aromatic heterocycles. The van der Waals surface area contributed by atoms with Gasteiger partial charge in [-0.15, -0.1) is 0 Å². The minimum Gasteiger partial charge on any atom is -0.493 e. The fourth-order valence-electron chi connectivity index (χ4n) is 2.29. The maximum atomic E-state index is 12.0. The molecule has 0 heterocycles. The normalized spacial score (nSPS) is 10.7. The van der Waals surface area contributed by atoms with Crippen molar-refractivity contribution in [1.29, 1.82) is 0 Å². The molecule has 2 amide bonds. The molecule has 0 atom stereocenters. The van der Waals surface area contributed by atoms with Crippen molar-refractivity contribution in [3.05, 3.63) is 58.1 Å². The third kappa shape index (κ3) is 6.42. The number of aryl methyl sites for hydroxylation is 2. The van der Waals surface area contributed by atoms with Gasteiger partial charge >= 0.3 is 0 Å². The van der Waals surface area contributed by atoms with Gasteiger partial charge in [0.05, 0.1) is 12.8 Å². The number of anilines is 1. The summed E-state index contributed by atoms with van der Waals surface area (Å²) >= 11 is 5.97. The number of benzene rings is 2. The molecule has 7 heteroatoms. The van der Waals surface area contributed by atoms with Crippen molar-refractivity contribution in [3.63, 3.8) is 0 Å². The summed E-state index contributed by atoms with van der Waals surface area (Å²) in [5.74, 6) is -0.330. The van der Waals surface area contributed by atoms with Crippen molar-refractivity contribution in [2.75, 3.05) is 11.9 Å². The third-order valence-corrected chi connectivity index (χ3v) is 4.01. The van der Waals surface area contributed by atoms with Gasteiger partial charge in [-0.25, -0.2) is 5.43 Å². The second-order valence-electron chi connectivity index (χ2n) is 5.93. The Morgan fingerprint density at radius 3 is 2.59 bits per heavy atom. The molecule has 0 aliphatic rings. The SMILES string of the molecule is CCOc1ccc(Cl)cc1C=NNC(=O)CC(=O)Nc1ccc(C)c(C)c1. The molecule has 0 aliphatic heterocycles. The average Bonchev–Trinajstić information content (AvgIpc) is 2.60. The topological polar surface area (TPSA) is 79.8 Å². The van der Waals surface area contributed by atoms with Crippen molar-refractivity contribution >= 4 is 35.3 Å². The number of hydrogen-bond acceptors (Lipinski definition) is 4. The molecule has 0 saturated carbocycles. The first kappa shape index (κ1) is 20.5. The Kier molecular flexibility index (Phi) is 7.37. The molecule has 6 nitrogen and oxygen atoms in total. The lowest BCUT2D eigenvalue weighted by Gasteiger charge is -2.08. The summed E-state index contributed by atoms with van der Waals surface area (Å²) in [5, 5.41) is 7.09. The molecule has 0 aliphatic carbocycles. The number of hydrogen-bond donors (Lipinski definition) is 2. The van der Waals surface area contributed by atoms with E-state index in [2.05, 4.69) is 15.8 Å². The molecule has 27 heavy (non-hydrogen) atoms. The summed E-state index contributed by atoms with van der Waals surface area (Å²) in [6.45, 7) is 6.31. The molecular formula is C20H22ClN3O3. The molecule has 0 bridgehead atoms. The lowest BCUT2D eigenvalue weighted by atomic mass is 10.1. The van der Waals surface area contributed by atoms with Crippen LogP contribution in [0.5, 0.6) is 5.75 Å². The van der Waals surface area contributed by atoms with E-state index in [9.17, 15) is 9.59 Å². The Morgan fingerprint density at radius 1 is 1.11 bits per heavy atom. The lowest BCUT2D eigenvalue weighted by molar-refractivity contribution is -0.126. The summed E-state index contributed by atoms with van der Waals surface area (Å²) < 4.78 is 5.47. The molecule has 2 rings (SSSR count). The van der Waals surface area contributed by atoms with Crippen molar-refractivity contribution < 1.29 is 14.3 Å². The van der Waals surface area contributed by atoms with E-state index in [0.717, 1.165) is 11.1 Å². The second-order valence-corrected chi connectivity index (χ2v) is 6.37. The standard InChI is InChI=1S/C20H22ClN3O3/c1-4-27-18-8-6-16(21)10-15(18)12-22-24-20(26)11-19(25)23-17-7-5-13(2)14(3)9-17/h5-10,12H,4,11H2,1-3H3,(H,23,25)(H,24,26). The Balaban J connectivity index is 1.90. The van der Waals surface area contributed by atoms with Crippen LogP contribution in [0.25, 0.3) is 0 Å². The van der Waals surface area contributed by atoms with Gasteiger partial charge in [0.25, 0.3) is 0 Å². The number of amides is 2. The quantitative estimate of drug-likeness (QED) is 0.430. The molecule has 0 saturated heterocycles. The monoisotopic (exact) mass is 387 g/mol. The van der Waals surface area contributed by atoms with Crippen LogP contribution in [0.2, 0.25) is 5.02 Å². The van der Waals surface area contributed by atoms with Gasteiger partial charge in [0.2, 0.25) is 11.8 Å². The second kappa shape index (κ2) is 9.73. The zero-order valence-electron chi connectivity index (χ0n) is 15.5. The van der Waals surface area contributed by atoms with Crippen molar-refractivity contribution in [1.82, 2.24) is 5.43 Å². The number of carbonyl (C=O) groups is 2. The van der Waals surface area contributed by atoms with Crippen molar-refractivity contribution in [2.24, 2.45) is 5.10 Å². The highest BCUT2D eigenvalue weighted by Crippen LogP contribution is 2.21. The molecule has 2 aromatic rings. The van der Waals surface area contributed by atoms with Gasteiger partial charge in [0.15, 0.2) is 0 Å². The molecular weight excluding hydrogens is 366 g/mol. The maximum Gasteiger partial charge on any atom is 0.249 e. The van der Waals surface area contributed by atoms with Crippen LogP contribution in [-0.4, -0.2) is 24.6 Å². The number of carbonyl (C=O) groups excluding carboxylic acids is 2. The smallest absolute Gasteiger partial charge is 0.249 e. The third-order valence-electron chi connectivity index (χ3n) is 3.78. The van der Waals surface area contributed by atoms with E-state index in [1.165, 1.54) is 6.21 Å². The predicted octanol–water partition coefficient (Wildman–Crippen LogP) is 3.83. The number of nitrogens with one attached hydrogen (secondary N) is 2. The Bertz CT molecular complexity index is 866. The van der Waals surface area contributed by atoms with Crippen molar-refractivity contribution in [2.45, 2.75) is 27.2 Å². The van der Waals surface area contributed by atoms with Crippen LogP contribution in [0.1, 0.15) is 30.0 Å². The molecule has 0 unspecified atom stereocenters. The maximum absolute atomic E-state index is 12.0. The number of rotatable bonds is 7. The minimum absolute atomic E-state index is 0.335. The molecule has 2 N–H and O–H groups in total.